The summed E-state index contributed by atoms with van der Waals surface area (Å²) in [6.07, 6.45) is 0.990. The minimum absolute atomic E-state index is 0.0853. The summed E-state index contributed by atoms with van der Waals surface area (Å²) in [6, 6.07) is 11.3. The van der Waals surface area contributed by atoms with Crippen LogP contribution in [-0.4, -0.2) is 22.2 Å². The van der Waals surface area contributed by atoms with Crippen LogP contribution in [-0.2, 0) is 24.7 Å². The number of nitrogens with one attached hydrogen (secondary N) is 1. The normalized spacial score (nSPS) is 10.8. The monoisotopic (exact) mass is 327 g/mol. The number of fused-ring (bicyclic) bond motifs is 1. The molecule has 1 amide bonds. The third kappa shape index (κ3) is 3.48. The molecule has 2 aromatic heterocycles. The first-order chi connectivity index (χ1) is 11.1. The van der Waals surface area contributed by atoms with Crippen molar-refractivity contribution in [1.29, 1.82) is 0 Å². The van der Waals surface area contributed by atoms with E-state index >= 15 is 0 Å². The number of nitrogens with zero attached hydrogens (tertiary/aromatic N) is 2. The molecule has 0 saturated heterocycles. The van der Waals surface area contributed by atoms with E-state index in [-0.39, 0.29) is 17.9 Å². The molecule has 2 heterocycles. The van der Waals surface area contributed by atoms with Crippen molar-refractivity contribution in [2.45, 2.75) is 12.8 Å². The van der Waals surface area contributed by atoms with Crippen LogP contribution in [0, 0.1) is 0 Å². The number of amides is 1. The molecule has 0 atom stereocenters. The van der Waals surface area contributed by atoms with Gasteiger partial charge in [-0.15, -0.1) is 11.3 Å². The van der Waals surface area contributed by atoms with Gasteiger partial charge in [-0.05, 0) is 23.9 Å². The van der Waals surface area contributed by atoms with E-state index in [2.05, 4.69) is 16.5 Å². The molecule has 3 rings (SSSR count). The third-order valence-electron chi connectivity index (χ3n) is 3.63. The molecular weight excluding hydrogens is 310 g/mol. The maximum absolute atomic E-state index is 12.1. The molecule has 1 N–H and O–H groups in total. The summed E-state index contributed by atoms with van der Waals surface area (Å²) in [5.41, 5.74) is 0.471. The molecular formula is C17H17N3O2S. The maximum atomic E-state index is 12.1. The Morgan fingerprint density at radius 2 is 2.00 bits per heavy atom. The fraction of sp³-hybridized carbons (Fsp3) is 0.235. The Hall–Kier alpha value is -2.47. The molecule has 0 spiro atoms. The second kappa shape index (κ2) is 6.75. The van der Waals surface area contributed by atoms with Crippen LogP contribution in [0.1, 0.15) is 10.6 Å². The number of aryl methyl sites for hydroxylation is 1. The van der Waals surface area contributed by atoms with Crippen LogP contribution in [0.5, 0.6) is 0 Å². The second-order valence-electron chi connectivity index (χ2n) is 5.28. The Morgan fingerprint density at radius 3 is 2.74 bits per heavy atom. The van der Waals surface area contributed by atoms with Gasteiger partial charge in [-0.1, -0.05) is 24.3 Å². The van der Waals surface area contributed by atoms with E-state index in [9.17, 15) is 9.59 Å². The number of hydrogen-bond acceptors (Lipinski definition) is 4. The first-order valence-corrected chi connectivity index (χ1v) is 8.27. The van der Waals surface area contributed by atoms with E-state index in [0.717, 1.165) is 11.8 Å². The second-order valence-corrected chi connectivity index (χ2v) is 6.31. The van der Waals surface area contributed by atoms with Gasteiger partial charge < -0.3 is 5.32 Å². The summed E-state index contributed by atoms with van der Waals surface area (Å²) < 4.78 is 1.29. The van der Waals surface area contributed by atoms with Crippen molar-refractivity contribution >= 4 is 28.0 Å². The van der Waals surface area contributed by atoms with Crippen molar-refractivity contribution in [3.05, 3.63) is 62.7 Å². The Morgan fingerprint density at radius 1 is 1.22 bits per heavy atom. The highest BCUT2D eigenvalue weighted by Gasteiger charge is 2.12. The average Bonchev–Trinajstić information content (AvgIpc) is 3.06. The zero-order valence-electron chi connectivity index (χ0n) is 12.8. The maximum Gasteiger partial charge on any atom is 0.274 e. The van der Waals surface area contributed by atoms with Gasteiger partial charge >= 0.3 is 0 Å². The summed E-state index contributed by atoms with van der Waals surface area (Å²) in [5.74, 6) is -0.0853. The molecule has 0 fully saturated rings. The minimum Gasteiger partial charge on any atom is -0.355 e. The van der Waals surface area contributed by atoms with E-state index < -0.39 is 0 Å². The van der Waals surface area contributed by atoms with Crippen molar-refractivity contribution in [3.8, 4) is 0 Å². The first-order valence-electron chi connectivity index (χ1n) is 7.39. The zero-order chi connectivity index (χ0) is 16.2. The van der Waals surface area contributed by atoms with Crippen LogP contribution in [0.2, 0.25) is 0 Å². The van der Waals surface area contributed by atoms with E-state index in [0.29, 0.717) is 17.6 Å². The standard InChI is InChI=1S/C17H17N3O2S/c1-20-17(22)14-7-3-2-6-13(14)15(19-20)11-16(21)18-9-8-12-5-4-10-23-12/h2-7,10H,8-9,11H2,1H3,(H,18,21). The highest BCUT2D eigenvalue weighted by molar-refractivity contribution is 7.09. The molecule has 0 unspecified atom stereocenters. The Labute approximate surface area is 137 Å². The number of benzene rings is 1. The number of hydrogen-bond donors (Lipinski definition) is 1. The van der Waals surface area contributed by atoms with E-state index in [1.54, 1.807) is 24.5 Å². The van der Waals surface area contributed by atoms with Crippen LogP contribution < -0.4 is 10.9 Å². The number of rotatable bonds is 5. The lowest BCUT2D eigenvalue weighted by atomic mass is 10.1. The van der Waals surface area contributed by atoms with E-state index in [4.69, 9.17) is 0 Å². The molecule has 6 heteroatoms. The van der Waals surface area contributed by atoms with Gasteiger partial charge in [0, 0.05) is 23.9 Å². The zero-order valence-corrected chi connectivity index (χ0v) is 13.6. The van der Waals surface area contributed by atoms with Gasteiger partial charge in [0.15, 0.2) is 0 Å². The van der Waals surface area contributed by atoms with Gasteiger partial charge in [0.2, 0.25) is 5.91 Å². The quantitative estimate of drug-likeness (QED) is 0.778. The van der Waals surface area contributed by atoms with Gasteiger partial charge in [-0.3, -0.25) is 9.59 Å². The molecule has 5 nitrogen and oxygen atoms in total. The summed E-state index contributed by atoms with van der Waals surface area (Å²) in [5, 5.41) is 10.5. The van der Waals surface area contributed by atoms with Crippen molar-refractivity contribution in [2.24, 2.45) is 7.05 Å². The van der Waals surface area contributed by atoms with Crippen LogP contribution in [0.4, 0.5) is 0 Å². The molecule has 0 saturated carbocycles. The van der Waals surface area contributed by atoms with Crippen molar-refractivity contribution in [3.63, 3.8) is 0 Å². The molecule has 118 valence electrons. The Kier molecular flexibility index (Phi) is 4.52. The lowest BCUT2D eigenvalue weighted by Gasteiger charge is -2.08. The van der Waals surface area contributed by atoms with Gasteiger partial charge in [0.1, 0.15) is 0 Å². The molecule has 3 aromatic rings. The molecule has 1 aromatic carbocycles. The SMILES string of the molecule is Cn1nc(CC(=O)NCCc2cccs2)c2ccccc2c1=O. The molecule has 0 bridgehead atoms. The fourth-order valence-corrected chi connectivity index (χ4v) is 3.21. The lowest BCUT2D eigenvalue weighted by molar-refractivity contribution is -0.120. The topological polar surface area (TPSA) is 64.0 Å². The summed E-state index contributed by atoms with van der Waals surface area (Å²) in [6.45, 7) is 0.600. The minimum atomic E-state index is -0.151. The number of carbonyl (C=O) groups excluding carboxylic acids is 1. The summed E-state index contributed by atoms with van der Waals surface area (Å²) >= 11 is 1.68. The highest BCUT2D eigenvalue weighted by atomic mass is 32.1. The number of carbonyl (C=O) groups is 1. The molecule has 0 aliphatic carbocycles. The molecule has 23 heavy (non-hydrogen) atoms. The van der Waals surface area contributed by atoms with Gasteiger partial charge in [-0.25, -0.2) is 4.68 Å². The average molecular weight is 327 g/mol. The third-order valence-corrected chi connectivity index (χ3v) is 4.57. The van der Waals surface area contributed by atoms with Crippen LogP contribution >= 0.6 is 11.3 Å². The summed E-state index contributed by atoms with van der Waals surface area (Å²) in [4.78, 5) is 25.5. The summed E-state index contributed by atoms with van der Waals surface area (Å²) in [7, 11) is 1.60. The van der Waals surface area contributed by atoms with Crippen molar-refractivity contribution in [2.75, 3.05) is 6.54 Å². The smallest absolute Gasteiger partial charge is 0.274 e. The van der Waals surface area contributed by atoms with Crippen LogP contribution in [0.25, 0.3) is 10.8 Å². The Balaban J connectivity index is 1.72. The molecule has 0 radical (unpaired) electrons. The number of aromatic nitrogens is 2. The Bertz CT molecular complexity index is 884. The largest absolute Gasteiger partial charge is 0.355 e. The predicted molar refractivity (Wildman–Crippen MR) is 91.7 cm³/mol. The van der Waals surface area contributed by atoms with Crippen molar-refractivity contribution < 1.29 is 4.79 Å². The molecule has 0 aliphatic heterocycles. The van der Waals surface area contributed by atoms with E-state index in [1.165, 1.54) is 9.56 Å². The van der Waals surface area contributed by atoms with Crippen LogP contribution in [0.15, 0.2) is 46.6 Å². The van der Waals surface area contributed by atoms with E-state index in [1.807, 2.05) is 29.6 Å². The van der Waals surface area contributed by atoms with Gasteiger partial charge in [-0.2, -0.15) is 5.10 Å². The lowest BCUT2D eigenvalue weighted by Crippen LogP contribution is -2.29. The molecule has 0 aliphatic rings. The van der Waals surface area contributed by atoms with Crippen molar-refractivity contribution in [1.82, 2.24) is 15.1 Å². The predicted octanol–water partition coefficient (Wildman–Crippen LogP) is 1.90. The van der Waals surface area contributed by atoms with Gasteiger partial charge in [0.05, 0.1) is 17.5 Å². The fourth-order valence-electron chi connectivity index (χ4n) is 2.50. The number of thiophene rings is 1. The highest BCUT2D eigenvalue weighted by Crippen LogP contribution is 2.13. The van der Waals surface area contributed by atoms with Crippen LogP contribution in [0.3, 0.4) is 0 Å². The first kappa shape index (κ1) is 15.4. The van der Waals surface area contributed by atoms with Gasteiger partial charge in [0.25, 0.3) is 5.56 Å².